The maximum atomic E-state index is 12.7. The Morgan fingerprint density at radius 3 is 2.44 bits per heavy atom. The third kappa shape index (κ3) is 3.36. The molecule has 0 aliphatic heterocycles. The van der Waals surface area contributed by atoms with Gasteiger partial charge in [-0.3, -0.25) is 9.97 Å². The lowest BCUT2D eigenvalue weighted by Crippen LogP contribution is -2.47. The van der Waals surface area contributed by atoms with Gasteiger partial charge in [0.1, 0.15) is 0 Å². The number of nitrogens with one attached hydrogen (secondary N) is 1. The lowest BCUT2D eigenvalue weighted by atomic mass is 9.94. The molecule has 1 aromatic heterocycles. The summed E-state index contributed by atoms with van der Waals surface area (Å²) in [5.74, 6) is 1.09. The number of carbonyl (C=O) groups excluding carboxylic acids is 1. The Bertz CT molecular complexity index is 715. The zero-order valence-electron chi connectivity index (χ0n) is 14.6. The van der Waals surface area contributed by atoms with Crippen LogP contribution in [-0.2, 0) is 19.4 Å². The molecule has 2 aromatic rings. The first-order valence-corrected chi connectivity index (χ1v) is 9.04. The van der Waals surface area contributed by atoms with E-state index < -0.39 is 0 Å². The number of urea groups is 1. The quantitative estimate of drug-likeness (QED) is 0.938. The molecule has 1 saturated carbocycles. The third-order valence-electron chi connectivity index (χ3n) is 5.66. The van der Waals surface area contributed by atoms with Gasteiger partial charge in [0, 0.05) is 25.5 Å². The van der Waals surface area contributed by atoms with Crippen LogP contribution in [0.15, 0.2) is 42.9 Å². The minimum Gasteiger partial charge on any atom is -0.335 e. The number of hydrogen-bond acceptors (Lipinski definition) is 3. The molecule has 2 amide bonds. The van der Waals surface area contributed by atoms with E-state index >= 15 is 0 Å². The molecule has 1 N–H and O–H groups in total. The monoisotopic (exact) mass is 336 g/mol. The van der Waals surface area contributed by atoms with E-state index in [1.54, 1.807) is 23.5 Å². The summed E-state index contributed by atoms with van der Waals surface area (Å²) in [6, 6.07) is 8.99. The standard InChI is InChI=1S/C20H24N4O/c1-24(13-18-12-21-8-9-22-18)20(25)23-19-16-6-7-17(19)11-15-5-3-2-4-14(15)10-16/h2-5,8-9,12,16-17,19H,6-7,10-11,13H2,1H3,(H,23,25)/t16-,17-/m0/s1. The molecule has 5 nitrogen and oxygen atoms in total. The molecule has 0 saturated heterocycles. The summed E-state index contributed by atoms with van der Waals surface area (Å²) in [6.07, 6.45) is 9.57. The van der Waals surface area contributed by atoms with Crippen LogP contribution in [0.5, 0.6) is 0 Å². The van der Waals surface area contributed by atoms with Crippen LogP contribution in [0, 0.1) is 11.8 Å². The molecule has 1 heterocycles. The highest BCUT2D eigenvalue weighted by Crippen LogP contribution is 2.40. The molecule has 5 heteroatoms. The highest BCUT2D eigenvalue weighted by molar-refractivity contribution is 5.74. The van der Waals surface area contributed by atoms with Crippen molar-refractivity contribution in [3.05, 3.63) is 59.7 Å². The van der Waals surface area contributed by atoms with Crippen LogP contribution < -0.4 is 5.32 Å². The van der Waals surface area contributed by atoms with E-state index in [-0.39, 0.29) is 12.1 Å². The van der Waals surface area contributed by atoms with Gasteiger partial charge in [0.15, 0.2) is 0 Å². The Labute approximate surface area is 148 Å². The average Bonchev–Trinajstić information content (AvgIpc) is 2.90. The van der Waals surface area contributed by atoms with Gasteiger partial charge in [0.05, 0.1) is 18.4 Å². The summed E-state index contributed by atoms with van der Waals surface area (Å²) < 4.78 is 0. The first-order chi connectivity index (χ1) is 12.2. The van der Waals surface area contributed by atoms with Crippen molar-refractivity contribution in [3.8, 4) is 0 Å². The predicted octanol–water partition coefficient (Wildman–Crippen LogP) is 2.81. The van der Waals surface area contributed by atoms with Crippen LogP contribution in [0.3, 0.4) is 0 Å². The first-order valence-electron chi connectivity index (χ1n) is 9.04. The van der Waals surface area contributed by atoms with Crippen LogP contribution in [-0.4, -0.2) is 34.0 Å². The van der Waals surface area contributed by atoms with E-state index in [0.717, 1.165) is 18.5 Å². The van der Waals surface area contributed by atoms with Gasteiger partial charge < -0.3 is 10.2 Å². The van der Waals surface area contributed by atoms with Gasteiger partial charge in [-0.15, -0.1) is 0 Å². The van der Waals surface area contributed by atoms with Gasteiger partial charge in [-0.05, 0) is 48.6 Å². The lowest BCUT2D eigenvalue weighted by molar-refractivity contribution is 0.194. The summed E-state index contributed by atoms with van der Waals surface area (Å²) >= 11 is 0. The Kier molecular flexibility index (Phi) is 4.38. The van der Waals surface area contributed by atoms with Crippen LogP contribution in [0.2, 0.25) is 0 Å². The molecule has 2 bridgehead atoms. The minimum absolute atomic E-state index is 0.0153. The van der Waals surface area contributed by atoms with E-state index in [2.05, 4.69) is 39.6 Å². The highest BCUT2D eigenvalue weighted by Gasteiger charge is 2.40. The van der Waals surface area contributed by atoms with Crippen molar-refractivity contribution in [1.82, 2.24) is 20.2 Å². The van der Waals surface area contributed by atoms with Crippen molar-refractivity contribution >= 4 is 6.03 Å². The molecule has 2 aliphatic carbocycles. The minimum atomic E-state index is -0.0153. The number of fused-ring (bicyclic) bond motifs is 3. The fourth-order valence-electron chi connectivity index (χ4n) is 4.37. The molecule has 0 radical (unpaired) electrons. The van der Waals surface area contributed by atoms with Crippen LogP contribution in [0.25, 0.3) is 0 Å². The summed E-state index contributed by atoms with van der Waals surface area (Å²) in [5, 5.41) is 3.31. The van der Waals surface area contributed by atoms with Crippen molar-refractivity contribution in [2.75, 3.05) is 7.05 Å². The number of nitrogens with zero attached hydrogens (tertiary/aromatic N) is 3. The van der Waals surface area contributed by atoms with Crippen molar-refractivity contribution in [2.24, 2.45) is 11.8 Å². The number of carbonyl (C=O) groups is 1. The fourth-order valence-corrected chi connectivity index (χ4v) is 4.37. The Hall–Kier alpha value is -2.43. The Morgan fingerprint density at radius 1 is 1.16 bits per heavy atom. The maximum Gasteiger partial charge on any atom is 0.317 e. The fraction of sp³-hybridized carbons (Fsp3) is 0.450. The second-order valence-corrected chi connectivity index (χ2v) is 7.30. The molecule has 0 spiro atoms. The number of aromatic nitrogens is 2. The molecule has 130 valence electrons. The van der Waals surface area contributed by atoms with E-state index in [0.29, 0.717) is 18.4 Å². The topological polar surface area (TPSA) is 58.1 Å². The van der Waals surface area contributed by atoms with Crippen LogP contribution in [0.1, 0.15) is 29.7 Å². The second kappa shape index (κ2) is 6.82. The van der Waals surface area contributed by atoms with Crippen LogP contribution >= 0.6 is 0 Å². The summed E-state index contributed by atoms with van der Waals surface area (Å²) in [4.78, 5) is 22.7. The van der Waals surface area contributed by atoms with Gasteiger partial charge in [-0.1, -0.05) is 24.3 Å². The second-order valence-electron chi connectivity index (χ2n) is 7.30. The van der Waals surface area contributed by atoms with Crippen molar-refractivity contribution < 1.29 is 4.79 Å². The van der Waals surface area contributed by atoms with Crippen molar-refractivity contribution in [1.29, 1.82) is 0 Å². The average molecular weight is 336 g/mol. The van der Waals surface area contributed by atoms with Gasteiger partial charge >= 0.3 is 6.03 Å². The Morgan fingerprint density at radius 2 is 1.84 bits per heavy atom. The van der Waals surface area contributed by atoms with E-state index in [1.807, 2.05) is 7.05 Å². The van der Waals surface area contributed by atoms with E-state index in [4.69, 9.17) is 0 Å². The van der Waals surface area contributed by atoms with E-state index in [9.17, 15) is 4.79 Å². The summed E-state index contributed by atoms with van der Waals surface area (Å²) in [6.45, 7) is 0.474. The van der Waals surface area contributed by atoms with Crippen molar-refractivity contribution in [2.45, 2.75) is 38.3 Å². The molecular formula is C20H24N4O. The normalized spacial score (nSPS) is 24.3. The molecule has 25 heavy (non-hydrogen) atoms. The van der Waals surface area contributed by atoms with Gasteiger partial charge in [-0.2, -0.15) is 0 Å². The zero-order chi connectivity index (χ0) is 17.2. The largest absolute Gasteiger partial charge is 0.335 e. The van der Waals surface area contributed by atoms with Crippen molar-refractivity contribution in [3.63, 3.8) is 0 Å². The smallest absolute Gasteiger partial charge is 0.317 e. The van der Waals surface area contributed by atoms with Gasteiger partial charge in [0.2, 0.25) is 0 Å². The maximum absolute atomic E-state index is 12.7. The summed E-state index contributed by atoms with van der Waals surface area (Å²) in [5.41, 5.74) is 3.72. The van der Waals surface area contributed by atoms with E-state index in [1.165, 1.54) is 24.0 Å². The van der Waals surface area contributed by atoms with Crippen LogP contribution in [0.4, 0.5) is 4.79 Å². The zero-order valence-corrected chi connectivity index (χ0v) is 14.6. The lowest BCUT2D eigenvalue weighted by Gasteiger charge is -2.27. The molecule has 4 rings (SSSR count). The number of rotatable bonds is 3. The highest BCUT2D eigenvalue weighted by atomic mass is 16.2. The number of benzene rings is 1. The molecular weight excluding hydrogens is 312 g/mol. The molecule has 2 aliphatic rings. The summed E-state index contributed by atoms with van der Waals surface area (Å²) in [7, 11) is 1.82. The molecule has 0 unspecified atom stereocenters. The SMILES string of the molecule is CN(Cc1cnccn1)C(=O)NC1[C@H]2CC[C@H]1Cc1ccccc1C2. The Balaban J connectivity index is 1.43. The molecule has 1 aromatic carbocycles. The first kappa shape index (κ1) is 16.1. The molecule has 1 fully saturated rings. The number of hydrogen-bond donors (Lipinski definition) is 1. The van der Waals surface area contributed by atoms with Gasteiger partial charge in [-0.25, -0.2) is 4.79 Å². The number of amides is 2. The molecule has 2 atom stereocenters. The van der Waals surface area contributed by atoms with Gasteiger partial charge in [0.25, 0.3) is 0 Å². The third-order valence-corrected chi connectivity index (χ3v) is 5.66. The predicted molar refractivity (Wildman–Crippen MR) is 95.9 cm³/mol.